The van der Waals surface area contributed by atoms with Gasteiger partial charge in [0.1, 0.15) is 0 Å². The average molecular weight is 257 g/mol. The SMILES string of the molecule is CC(C)=CCNC(=O)c1n[nH]c(=O)c2ccccc12. The van der Waals surface area contributed by atoms with Gasteiger partial charge in [0.05, 0.1) is 5.39 Å². The monoisotopic (exact) mass is 257 g/mol. The van der Waals surface area contributed by atoms with E-state index in [9.17, 15) is 9.59 Å². The fourth-order valence-electron chi connectivity index (χ4n) is 1.72. The molecule has 0 fully saturated rings. The van der Waals surface area contributed by atoms with Crippen molar-refractivity contribution in [3.05, 3.63) is 52.0 Å². The fraction of sp³-hybridized carbons (Fsp3) is 0.214. The molecular weight excluding hydrogens is 242 g/mol. The Kier molecular flexibility index (Phi) is 3.75. The van der Waals surface area contributed by atoms with Crippen LogP contribution in [0.2, 0.25) is 0 Å². The number of aromatic nitrogens is 2. The van der Waals surface area contributed by atoms with Gasteiger partial charge < -0.3 is 5.32 Å². The van der Waals surface area contributed by atoms with Gasteiger partial charge in [-0.1, -0.05) is 29.8 Å². The van der Waals surface area contributed by atoms with Gasteiger partial charge in [-0.3, -0.25) is 9.59 Å². The van der Waals surface area contributed by atoms with Crippen LogP contribution < -0.4 is 10.9 Å². The zero-order chi connectivity index (χ0) is 13.8. The molecule has 0 spiro atoms. The Bertz CT molecular complexity index is 697. The second kappa shape index (κ2) is 5.48. The number of carbonyl (C=O) groups is 1. The first kappa shape index (κ1) is 13.0. The Hall–Kier alpha value is -2.43. The van der Waals surface area contributed by atoms with Crippen LogP contribution in [0.5, 0.6) is 0 Å². The van der Waals surface area contributed by atoms with E-state index in [0.717, 1.165) is 5.57 Å². The molecule has 2 N–H and O–H groups in total. The standard InChI is InChI=1S/C14H15N3O2/c1-9(2)7-8-15-14(19)12-10-5-3-4-6-11(10)13(18)17-16-12/h3-7H,8H2,1-2H3,(H,15,19)(H,17,18). The van der Waals surface area contributed by atoms with Crippen LogP contribution in [-0.2, 0) is 0 Å². The molecule has 98 valence electrons. The summed E-state index contributed by atoms with van der Waals surface area (Å²) < 4.78 is 0. The minimum atomic E-state index is -0.301. The third-order valence-electron chi connectivity index (χ3n) is 2.68. The molecule has 1 aromatic carbocycles. The van der Waals surface area contributed by atoms with E-state index >= 15 is 0 Å². The first-order chi connectivity index (χ1) is 9.09. The molecule has 19 heavy (non-hydrogen) atoms. The van der Waals surface area contributed by atoms with Crippen molar-refractivity contribution in [2.75, 3.05) is 6.54 Å². The summed E-state index contributed by atoms with van der Waals surface area (Å²) >= 11 is 0. The summed E-state index contributed by atoms with van der Waals surface area (Å²) in [4.78, 5) is 23.6. The Morgan fingerprint density at radius 3 is 2.68 bits per heavy atom. The Morgan fingerprint density at radius 1 is 1.32 bits per heavy atom. The van der Waals surface area contributed by atoms with Gasteiger partial charge >= 0.3 is 0 Å². The Morgan fingerprint density at radius 2 is 2.00 bits per heavy atom. The number of nitrogens with one attached hydrogen (secondary N) is 2. The van der Waals surface area contributed by atoms with Crippen molar-refractivity contribution in [1.82, 2.24) is 15.5 Å². The maximum absolute atomic E-state index is 12.0. The molecule has 0 aliphatic heterocycles. The van der Waals surface area contributed by atoms with Crippen molar-refractivity contribution in [2.24, 2.45) is 0 Å². The van der Waals surface area contributed by atoms with E-state index in [1.807, 2.05) is 19.9 Å². The van der Waals surface area contributed by atoms with Crippen LogP contribution in [0.4, 0.5) is 0 Å². The summed E-state index contributed by atoms with van der Waals surface area (Å²) in [5, 5.41) is 9.94. The van der Waals surface area contributed by atoms with Crippen molar-refractivity contribution in [3.8, 4) is 0 Å². The average Bonchev–Trinajstić information content (AvgIpc) is 2.39. The number of hydrogen-bond donors (Lipinski definition) is 2. The molecule has 1 heterocycles. The van der Waals surface area contributed by atoms with Gasteiger partial charge in [0, 0.05) is 11.9 Å². The predicted octanol–water partition coefficient (Wildman–Crippen LogP) is 1.62. The van der Waals surface area contributed by atoms with E-state index in [1.165, 1.54) is 0 Å². The van der Waals surface area contributed by atoms with Crippen molar-refractivity contribution in [2.45, 2.75) is 13.8 Å². The molecular formula is C14H15N3O2. The van der Waals surface area contributed by atoms with Gasteiger partial charge in [-0.05, 0) is 19.9 Å². The zero-order valence-corrected chi connectivity index (χ0v) is 10.9. The Balaban J connectivity index is 2.35. The lowest BCUT2D eigenvalue weighted by Crippen LogP contribution is -2.26. The van der Waals surface area contributed by atoms with Gasteiger partial charge in [-0.2, -0.15) is 5.10 Å². The van der Waals surface area contributed by atoms with Crippen LogP contribution in [0.25, 0.3) is 10.8 Å². The van der Waals surface area contributed by atoms with Crippen LogP contribution in [0.1, 0.15) is 24.3 Å². The molecule has 0 radical (unpaired) electrons. The highest BCUT2D eigenvalue weighted by Gasteiger charge is 2.12. The molecule has 0 unspecified atom stereocenters. The van der Waals surface area contributed by atoms with Gasteiger partial charge in [-0.15, -0.1) is 0 Å². The molecule has 5 heteroatoms. The summed E-state index contributed by atoms with van der Waals surface area (Å²) in [6.45, 7) is 4.36. The fourth-order valence-corrected chi connectivity index (χ4v) is 1.72. The first-order valence-electron chi connectivity index (χ1n) is 5.98. The second-order valence-electron chi connectivity index (χ2n) is 4.44. The van der Waals surface area contributed by atoms with Crippen LogP contribution in [0.3, 0.4) is 0 Å². The number of hydrogen-bond acceptors (Lipinski definition) is 3. The lowest BCUT2D eigenvalue weighted by atomic mass is 10.1. The molecule has 2 aromatic rings. The van der Waals surface area contributed by atoms with Crippen LogP contribution in [-0.4, -0.2) is 22.6 Å². The topological polar surface area (TPSA) is 74.8 Å². The smallest absolute Gasteiger partial charge is 0.272 e. The number of allylic oxidation sites excluding steroid dienone is 1. The number of benzene rings is 1. The van der Waals surface area contributed by atoms with E-state index in [2.05, 4.69) is 15.5 Å². The van der Waals surface area contributed by atoms with Crippen LogP contribution in [0, 0.1) is 0 Å². The number of aromatic amines is 1. The third-order valence-corrected chi connectivity index (χ3v) is 2.68. The molecule has 0 saturated heterocycles. The summed E-state index contributed by atoms with van der Waals surface area (Å²) in [6, 6.07) is 6.91. The van der Waals surface area contributed by atoms with Crippen molar-refractivity contribution in [3.63, 3.8) is 0 Å². The van der Waals surface area contributed by atoms with Crippen LogP contribution in [0.15, 0.2) is 40.7 Å². The lowest BCUT2D eigenvalue weighted by Gasteiger charge is -2.05. The quantitative estimate of drug-likeness (QED) is 0.820. The molecule has 0 aliphatic rings. The third kappa shape index (κ3) is 2.88. The zero-order valence-electron chi connectivity index (χ0n) is 10.9. The number of H-pyrrole nitrogens is 1. The first-order valence-corrected chi connectivity index (χ1v) is 5.98. The van der Waals surface area contributed by atoms with Gasteiger partial charge in [0.2, 0.25) is 0 Å². The maximum atomic E-state index is 12.0. The van der Waals surface area contributed by atoms with Gasteiger partial charge in [0.15, 0.2) is 5.69 Å². The molecule has 0 saturated carbocycles. The van der Waals surface area contributed by atoms with Crippen molar-refractivity contribution < 1.29 is 4.79 Å². The van der Waals surface area contributed by atoms with Gasteiger partial charge in [0.25, 0.3) is 11.5 Å². The summed E-state index contributed by atoms with van der Waals surface area (Å²) in [5.41, 5.74) is 1.06. The number of nitrogens with zero attached hydrogens (tertiary/aromatic N) is 1. The van der Waals surface area contributed by atoms with E-state index in [-0.39, 0.29) is 17.2 Å². The summed E-state index contributed by atoms with van der Waals surface area (Å²) in [5.74, 6) is -0.301. The van der Waals surface area contributed by atoms with Crippen molar-refractivity contribution >= 4 is 16.7 Å². The number of rotatable bonds is 3. The molecule has 5 nitrogen and oxygen atoms in total. The largest absolute Gasteiger partial charge is 0.347 e. The molecule has 0 atom stereocenters. The highest BCUT2D eigenvalue weighted by atomic mass is 16.2. The molecule has 2 rings (SSSR count). The number of amides is 1. The van der Waals surface area contributed by atoms with Crippen LogP contribution >= 0.6 is 0 Å². The van der Waals surface area contributed by atoms with Crippen molar-refractivity contribution in [1.29, 1.82) is 0 Å². The van der Waals surface area contributed by atoms with E-state index < -0.39 is 0 Å². The lowest BCUT2D eigenvalue weighted by molar-refractivity contribution is 0.0954. The summed E-state index contributed by atoms with van der Waals surface area (Å²) in [6.07, 6.45) is 1.91. The second-order valence-corrected chi connectivity index (χ2v) is 4.44. The molecule has 1 amide bonds. The maximum Gasteiger partial charge on any atom is 0.272 e. The number of carbonyl (C=O) groups excluding carboxylic acids is 1. The van der Waals surface area contributed by atoms with Gasteiger partial charge in [-0.25, -0.2) is 5.10 Å². The highest BCUT2D eigenvalue weighted by Crippen LogP contribution is 2.11. The number of fused-ring (bicyclic) bond motifs is 1. The predicted molar refractivity (Wildman–Crippen MR) is 74.1 cm³/mol. The molecule has 0 aliphatic carbocycles. The van der Waals surface area contributed by atoms with E-state index in [0.29, 0.717) is 17.3 Å². The summed E-state index contributed by atoms with van der Waals surface area (Å²) in [7, 11) is 0. The van der Waals surface area contributed by atoms with E-state index in [4.69, 9.17) is 0 Å². The molecule has 0 bridgehead atoms. The normalized spacial score (nSPS) is 10.2. The Labute approximate surface area is 110 Å². The minimum absolute atomic E-state index is 0.234. The minimum Gasteiger partial charge on any atom is -0.347 e. The highest BCUT2D eigenvalue weighted by molar-refractivity contribution is 6.04. The molecule has 1 aromatic heterocycles. The van der Waals surface area contributed by atoms with E-state index in [1.54, 1.807) is 24.3 Å².